The van der Waals surface area contributed by atoms with E-state index in [1.54, 1.807) is 19.3 Å². The molecule has 2 aromatic rings. The monoisotopic (exact) mass is 300 g/mol. The van der Waals surface area contributed by atoms with Crippen molar-refractivity contribution in [3.63, 3.8) is 0 Å². The van der Waals surface area contributed by atoms with E-state index >= 15 is 0 Å². The Kier molecular flexibility index (Phi) is 4.37. The predicted octanol–water partition coefficient (Wildman–Crippen LogP) is 2.11. The number of aromatic amines is 1. The van der Waals surface area contributed by atoms with E-state index in [2.05, 4.69) is 15.2 Å². The number of nitrogens with zero attached hydrogens (tertiary/aromatic N) is 3. The van der Waals surface area contributed by atoms with E-state index in [0.29, 0.717) is 12.5 Å². The number of H-pyrrole nitrogens is 1. The molecule has 0 aromatic carbocycles. The Labute approximate surface area is 129 Å². The quantitative estimate of drug-likeness (QED) is 0.918. The van der Waals surface area contributed by atoms with Gasteiger partial charge < -0.3 is 9.64 Å². The molecule has 1 aliphatic rings. The van der Waals surface area contributed by atoms with Crippen LogP contribution in [0.15, 0.2) is 30.6 Å². The van der Waals surface area contributed by atoms with Gasteiger partial charge in [0.2, 0.25) is 5.91 Å². The van der Waals surface area contributed by atoms with E-state index in [4.69, 9.17) is 4.74 Å². The van der Waals surface area contributed by atoms with Gasteiger partial charge in [-0.1, -0.05) is 0 Å². The lowest BCUT2D eigenvalue weighted by molar-refractivity contribution is -0.127. The van der Waals surface area contributed by atoms with Crippen LogP contribution in [-0.2, 0) is 4.79 Å². The van der Waals surface area contributed by atoms with Gasteiger partial charge in [0.15, 0.2) is 0 Å². The second-order valence-corrected chi connectivity index (χ2v) is 5.61. The Bertz CT molecular complexity index is 610. The normalized spacial score (nSPS) is 17.7. The van der Waals surface area contributed by atoms with E-state index in [1.807, 2.05) is 23.1 Å². The van der Waals surface area contributed by atoms with Crippen LogP contribution >= 0.6 is 0 Å². The number of hydrogen-bond acceptors (Lipinski definition) is 4. The second kappa shape index (κ2) is 6.60. The van der Waals surface area contributed by atoms with Gasteiger partial charge >= 0.3 is 0 Å². The van der Waals surface area contributed by atoms with Crippen molar-refractivity contribution in [3.05, 3.63) is 30.6 Å². The molecule has 3 rings (SSSR count). The van der Waals surface area contributed by atoms with Crippen LogP contribution in [0.2, 0.25) is 0 Å². The Morgan fingerprint density at radius 1 is 1.45 bits per heavy atom. The lowest BCUT2D eigenvalue weighted by Gasteiger charge is -2.14. The molecule has 1 saturated heterocycles. The van der Waals surface area contributed by atoms with Crippen LogP contribution < -0.4 is 4.74 Å². The van der Waals surface area contributed by atoms with Gasteiger partial charge in [-0.05, 0) is 37.0 Å². The molecular weight excluding hydrogens is 280 g/mol. The number of carbonyl (C=O) groups is 1. The van der Waals surface area contributed by atoms with Crippen LogP contribution in [0.4, 0.5) is 0 Å². The maximum absolute atomic E-state index is 11.3. The van der Waals surface area contributed by atoms with Crippen LogP contribution in [0.3, 0.4) is 0 Å². The third-order valence-electron chi connectivity index (χ3n) is 4.04. The number of hydrogen-bond donors (Lipinski definition) is 1. The number of nitrogens with one attached hydrogen (secondary N) is 1. The van der Waals surface area contributed by atoms with Gasteiger partial charge in [0.1, 0.15) is 5.75 Å². The highest BCUT2D eigenvalue weighted by Crippen LogP contribution is 2.21. The third-order valence-corrected chi connectivity index (χ3v) is 4.04. The summed E-state index contributed by atoms with van der Waals surface area (Å²) in [5.74, 6) is 1.48. The topological polar surface area (TPSA) is 71.1 Å². The van der Waals surface area contributed by atoms with Gasteiger partial charge in [0.05, 0.1) is 24.2 Å². The number of carbonyl (C=O) groups excluding carboxylic acids is 1. The first kappa shape index (κ1) is 14.6. The molecule has 3 heterocycles. The molecule has 0 aliphatic carbocycles. The second-order valence-electron chi connectivity index (χ2n) is 5.61. The first-order valence-electron chi connectivity index (χ1n) is 7.56. The number of aromatic nitrogens is 3. The molecule has 0 radical (unpaired) electrons. The lowest BCUT2D eigenvalue weighted by Crippen LogP contribution is -2.26. The molecule has 1 aliphatic heterocycles. The summed E-state index contributed by atoms with van der Waals surface area (Å²) in [5, 5.41) is 6.79. The van der Waals surface area contributed by atoms with Gasteiger partial charge in [-0.15, -0.1) is 0 Å². The zero-order valence-corrected chi connectivity index (χ0v) is 12.7. The van der Waals surface area contributed by atoms with Crippen LogP contribution in [0, 0.1) is 5.92 Å². The molecule has 2 aromatic heterocycles. The fourth-order valence-corrected chi connectivity index (χ4v) is 2.72. The summed E-state index contributed by atoms with van der Waals surface area (Å²) in [6, 6.07) is 5.71. The van der Waals surface area contributed by atoms with Crippen molar-refractivity contribution in [2.45, 2.75) is 19.8 Å². The maximum Gasteiger partial charge on any atom is 0.219 e. The van der Waals surface area contributed by atoms with Crippen molar-refractivity contribution in [1.29, 1.82) is 0 Å². The minimum Gasteiger partial charge on any atom is -0.492 e. The molecule has 1 fully saturated rings. The van der Waals surface area contributed by atoms with Crippen molar-refractivity contribution >= 4 is 5.91 Å². The van der Waals surface area contributed by atoms with Gasteiger partial charge in [-0.2, -0.15) is 5.10 Å². The molecular formula is C16H20N4O2. The van der Waals surface area contributed by atoms with Crippen LogP contribution in [0.25, 0.3) is 11.4 Å². The summed E-state index contributed by atoms with van der Waals surface area (Å²) in [4.78, 5) is 17.6. The fourth-order valence-electron chi connectivity index (χ4n) is 2.72. The van der Waals surface area contributed by atoms with E-state index in [-0.39, 0.29) is 5.91 Å². The van der Waals surface area contributed by atoms with Gasteiger partial charge in [0.25, 0.3) is 0 Å². The summed E-state index contributed by atoms with van der Waals surface area (Å²) >= 11 is 0. The Morgan fingerprint density at radius 2 is 2.36 bits per heavy atom. The highest BCUT2D eigenvalue weighted by Gasteiger charge is 2.23. The zero-order valence-electron chi connectivity index (χ0n) is 12.7. The van der Waals surface area contributed by atoms with Crippen LogP contribution in [-0.4, -0.2) is 45.7 Å². The fraction of sp³-hybridized carbons (Fsp3) is 0.438. The van der Waals surface area contributed by atoms with Crippen molar-refractivity contribution in [1.82, 2.24) is 20.1 Å². The summed E-state index contributed by atoms with van der Waals surface area (Å²) in [7, 11) is 0. The largest absolute Gasteiger partial charge is 0.492 e. The summed E-state index contributed by atoms with van der Waals surface area (Å²) in [5.41, 5.74) is 1.74. The van der Waals surface area contributed by atoms with Crippen molar-refractivity contribution in [2.75, 3.05) is 19.7 Å². The first-order chi connectivity index (χ1) is 10.7. The Hall–Kier alpha value is -2.37. The number of amides is 1. The average Bonchev–Trinajstić information content (AvgIpc) is 3.19. The number of pyridine rings is 1. The summed E-state index contributed by atoms with van der Waals surface area (Å²) < 4.78 is 5.74. The molecule has 22 heavy (non-hydrogen) atoms. The van der Waals surface area contributed by atoms with E-state index in [9.17, 15) is 4.79 Å². The zero-order chi connectivity index (χ0) is 15.4. The predicted molar refractivity (Wildman–Crippen MR) is 82.3 cm³/mol. The number of rotatable bonds is 5. The molecule has 0 saturated carbocycles. The third kappa shape index (κ3) is 3.44. The Balaban J connectivity index is 1.45. The highest BCUT2D eigenvalue weighted by molar-refractivity contribution is 5.73. The molecule has 0 unspecified atom stereocenters. The highest BCUT2D eigenvalue weighted by atomic mass is 16.5. The maximum atomic E-state index is 11.3. The van der Waals surface area contributed by atoms with Crippen molar-refractivity contribution in [3.8, 4) is 17.1 Å². The standard InChI is InChI=1S/C16H20N4O2/c1-12(21)20-8-5-13(11-20)6-9-22-14-2-3-15(17-10-14)16-4-7-18-19-16/h2-4,7,10,13H,5-6,8-9,11H2,1H3,(H,18,19)/t13-/m0/s1. The van der Waals surface area contributed by atoms with E-state index in [0.717, 1.165) is 43.1 Å². The van der Waals surface area contributed by atoms with Crippen molar-refractivity contribution < 1.29 is 9.53 Å². The van der Waals surface area contributed by atoms with Crippen LogP contribution in [0.1, 0.15) is 19.8 Å². The molecule has 116 valence electrons. The number of ether oxygens (including phenoxy) is 1. The van der Waals surface area contributed by atoms with E-state index in [1.165, 1.54) is 0 Å². The summed E-state index contributed by atoms with van der Waals surface area (Å²) in [6.07, 6.45) is 5.46. The number of likely N-dealkylation sites (tertiary alicyclic amines) is 1. The molecule has 0 spiro atoms. The van der Waals surface area contributed by atoms with Crippen molar-refractivity contribution in [2.24, 2.45) is 5.92 Å². The molecule has 0 bridgehead atoms. The minimum absolute atomic E-state index is 0.169. The smallest absolute Gasteiger partial charge is 0.219 e. The first-order valence-corrected chi connectivity index (χ1v) is 7.56. The van der Waals surface area contributed by atoms with Gasteiger partial charge in [-0.3, -0.25) is 14.9 Å². The SMILES string of the molecule is CC(=O)N1CC[C@@H](CCOc2ccc(-c3ccn[nH]3)nc2)C1. The molecule has 1 amide bonds. The lowest BCUT2D eigenvalue weighted by atomic mass is 10.1. The molecule has 1 atom stereocenters. The van der Waals surface area contributed by atoms with Gasteiger partial charge in [-0.25, -0.2) is 0 Å². The average molecular weight is 300 g/mol. The molecule has 1 N–H and O–H groups in total. The van der Waals surface area contributed by atoms with Crippen LogP contribution in [0.5, 0.6) is 5.75 Å². The molecule has 6 heteroatoms. The van der Waals surface area contributed by atoms with Gasteiger partial charge in [0, 0.05) is 26.2 Å². The molecule has 6 nitrogen and oxygen atoms in total. The van der Waals surface area contributed by atoms with E-state index < -0.39 is 0 Å². The Morgan fingerprint density at radius 3 is 3.00 bits per heavy atom. The summed E-state index contributed by atoms with van der Waals surface area (Å²) in [6.45, 7) is 4.02. The minimum atomic E-state index is 0.169.